The van der Waals surface area contributed by atoms with Gasteiger partial charge >= 0.3 is 6.09 Å². The first-order valence-electron chi connectivity index (χ1n) is 21.6. The molecule has 3 aliphatic rings. The van der Waals surface area contributed by atoms with Crippen LogP contribution in [0.3, 0.4) is 0 Å². The molecular weight excluding hydrogens is 780 g/mol. The van der Waals surface area contributed by atoms with Crippen molar-refractivity contribution in [2.45, 2.75) is 102 Å². The van der Waals surface area contributed by atoms with E-state index in [9.17, 15) is 19.4 Å². The number of oxime groups is 1. The summed E-state index contributed by atoms with van der Waals surface area (Å²) in [6.07, 6.45) is 8.12. The number of aliphatic hydroxyl groups is 2. The molecule has 11 nitrogen and oxygen atoms in total. The van der Waals surface area contributed by atoms with Gasteiger partial charge in [-0.25, -0.2) is 9.18 Å². The minimum atomic E-state index is -1.43. The highest BCUT2D eigenvalue weighted by Gasteiger charge is 2.65. The van der Waals surface area contributed by atoms with Crippen LogP contribution in [0.4, 0.5) is 9.18 Å². The summed E-state index contributed by atoms with van der Waals surface area (Å²) in [4.78, 5) is 21.8. The molecule has 3 aromatic rings. The topological polar surface area (TPSA) is 129 Å². The molecule has 2 N–H and O–H groups in total. The fourth-order valence-corrected chi connectivity index (χ4v) is 8.97. The largest absolute Gasteiger partial charge is 0.489 e. The van der Waals surface area contributed by atoms with Crippen LogP contribution in [-0.2, 0) is 32.3 Å². The molecule has 6 atom stereocenters. The van der Waals surface area contributed by atoms with Crippen molar-refractivity contribution in [1.82, 2.24) is 4.90 Å². The van der Waals surface area contributed by atoms with Crippen LogP contribution < -0.4 is 9.47 Å². The molecule has 6 rings (SSSR count). The molecule has 0 bridgehead atoms. The number of fused-ring (bicyclic) bond motifs is 2. The Balaban J connectivity index is 1.44. The van der Waals surface area contributed by atoms with E-state index in [2.05, 4.69) is 12.7 Å². The lowest BCUT2D eigenvalue weighted by Gasteiger charge is -2.59. The minimum absolute atomic E-state index is 0.0257. The number of ether oxygens (including phenoxy) is 5. The van der Waals surface area contributed by atoms with E-state index in [1.807, 2.05) is 69.3 Å². The standard InChI is InChI=1S/C49H63FN2O9/c1-6-26-59-49-44(52(5)47(55)57-28-27-56-32-34-16-8-7-9-17-34)31-42(51-61-48(2,3)4)39-29-35(18-12-14-24-53)38(20-13-15-25-54)45(46(39)49)40-30-37(22-23-43(40)60-49)58-33-36-19-10-11-21-41(36)50/h6-11,16-17,19,21-23,29-30,35,38,44-46,53-54H,1,12-15,18,20,24-28,31-33H2,2-5H3. The highest BCUT2D eigenvalue weighted by Crippen LogP contribution is 2.62. The highest BCUT2D eigenvalue weighted by atomic mass is 19.1. The summed E-state index contributed by atoms with van der Waals surface area (Å²) in [5.74, 6) is -1.30. The van der Waals surface area contributed by atoms with Gasteiger partial charge in [0.2, 0.25) is 5.79 Å². The molecule has 2 aliphatic carbocycles. The van der Waals surface area contributed by atoms with E-state index >= 15 is 0 Å². The van der Waals surface area contributed by atoms with Gasteiger partial charge in [-0.2, -0.15) is 0 Å². The second kappa shape index (κ2) is 21.4. The number of nitrogens with zero attached hydrogens (tertiary/aromatic N) is 2. The summed E-state index contributed by atoms with van der Waals surface area (Å²) in [5, 5.41) is 24.6. The van der Waals surface area contributed by atoms with Crippen molar-refractivity contribution in [2.24, 2.45) is 22.9 Å². The van der Waals surface area contributed by atoms with Gasteiger partial charge in [-0.3, -0.25) is 0 Å². The van der Waals surface area contributed by atoms with Crippen molar-refractivity contribution in [2.75, 3.05) is 40.1 Å². The zero-order valence-electron chi connectivity index (χ0n) is 36.1. The van der Waals surface area contributed by atoms with Crippen LogP contribution in [0.2, 0.25) is 0 Å². The first kappa shape index (κ1) is 45.8. The molecule has 6 unspecified atom stereocenters. The fourth-order valence-electron chi connectivity index (χ4n) is 8.97. The van der Waals surface area contributed by atoms with E-state index in [1.54, 1.807) is 36.2 Å². The van der Waals surface area contributed by atoms with Crippen molar-refractivity contribution in [1.29, 1.82) is 0 Å². The molecule has 61 heavy (non-hydrogen) atoms. The van der Waals surface area contributed by atoms with Crippen LogP contribution in [0.25, 0.3) is 0 Å². The molecule has 1 amide bonds. The Kier molecular flexibility index (Phi) is 16.0. The van der Waals surface area contributed by atoms with Crippen LogP contribution in [-0.4, -0.2) is 84.4 Å². The number of amides is 1. The normalized spacial score (nSPS) is 23.6. The molecule has 12 heteroatoms. The van der Waals surface area contributed by atoms with Gasteiger partial charge in [0.25, 0.3) is 0 Å². The molecule has 0 spiro atoms. The first-order valence-corrected chi connectivity index (χ1v) is 21.6. The van der Waals surface area contributed by atoms with Crippen LogP contribution in [0.15, 0.2) is 102 Å². The molecule has 330 valence electrons. The van der Waals surface area contributed by atoms with Crippen LogP contribution in [0.5, 0.6) is 11.5 Å². The average Bonchev–Trinajstić information content (AvgIpc) is 3.25. The monoisotopic (exact) mass is 842 g/mol. The van der Waals surface area contributed by atoms with E-state index in [4.69, 9.17) is 33.7 Å². The summed E-state index contributed by atoms with van der Waals surface area (Å²) in [5.41, 5.74) is 3.35. The number of halogens is 1. The van der Waals surface area contributed by atoms with Gasteiger partial charge in [0.05, 0.1) is 31.5 Å². The lowest BCUT2D eigenvalue weighted by atomic mass is 9.55. The lowest BCUT2D eigenvalue weighted by Crippen LogP contribution is -2.69. The number of benzene rings is 3. The number of likely N-dealkylation sites (N-methyl/N-ethyl adjacent to an activating group) is 1. The summed E-state index contributed by atoms with van der Waals surface area (Å²) >= 11 is 0. The molecule has 1 heterocycles. The third kappa shape index (κ3) is 11.2. The molecule has 0 saturated heterocycles. The van der Waals surface area contributed by atoms with Gasteiger partial charge in [-0.05, 0) is 93.7 Å². The van der Waals surface area contributed by atoms with E-state index in [0.717, 1.165) is 42.4 Å². The van der Waals surface area contributed by atoms with Crippen molar-refractivity contribution in [3.63, 3.8) is 0 Å². The molecule has 1 saturated carbocycles. The quantitative estimate of drug-likeness (QED) is 0.0613. The van der Waals surface area contributed by atoms with Crippen LogP contribution in [0.1, 0.15) is 88.3 Å². The van der Waals surface area contributed by atoms with Gasteiger partial charge in [-0.15, -0.1) is 6.58 Å². The number of hydrogen-bond acceptors (Lipinski definition) is 10. The number of hydrogen-bond donors (Lipinski definition) is 2. The number of rotatable bonds is 21. The first-order chi connectivity index (χ1) is 29.5. The van der Waals surface area contributed by atoms with Gasteiger partial charge < -0.3 is 43.6 Å². The number of aliphatic hydroxyl groups excluding tert-OH is 2. The predicted molar refractivity (Wildman–Crippen MR) is 232 cm³/mol. The molecule has 0 radical (unpaired) electrons. The smallest absolute Gasteiger partial charge is 0.410 e. The van der Waals surface area contributed by atoms with E-state index in [0.29, 0.717) is 42.2 Å². The second-order valence-electron chi connectivity index (χ2n) is 17.1. The Labute approximate surface area is 360 Å². The zero-order chi connectivity index (χ0) is 43.4. The third-order valence-corrected chi connectivity index (χ3v) is 11.7. The Morgan fingerprint density at radius 3 is 2.44 bits per heavy atom. The summed E-state index contributed by atoms with van der Waals surface area (Å²) in [6, 6.07) is 21.3. The van der Waals surface area contributed by atoms with E-state index in [-0.39, 0.29) is 69.6 Å². The van der Waals surface area contributed by atoms with E-state index < -0.39 is 29.4 Å². The summed E-state index contributed by atoms with van der Waals surface area (Å²) in [7, 11) is 1.70. The molecule has 1 fully saturated rings. The average molecular weight is 843 g/mol. The fraction of sp³-hybridized carbons (Fsp3) is 0.510. The Morgan fingerprint density at radius 1 is 0.984 bits per heavy atom. The van der Waals surface area contributed by atoms with E-state index in [1.165, 1.54) is 6.07 Å². The molecule has 0 aromatic heterocycles. The van der Waals surface area contributed by atoms with Crippen molar-refractivity contribution in [3.05, 3.63) is 120 Å². The van der Waals surface area contributed by atoms with Crippen LogP contribution >= 0.6 is 0 Å². The van der Waals surface area contributed by atoms with Gasteiger partial charge in [-0.1, -0.05) is 78.7 Å². The maximum atomic E-state index is 14.7. The van der Waals surface area contributed by atoms with Crippen molar-refractivity contribution in [3.8, 4) is 11.5 Å². The second-order valence-corrected chi connectivity index (χ2v) is 17.1. The van der Waals surface area contributed by atoms with Crippen molar-refractivity contribution < 1.29 is 47.9 Å². The van der Waals surface area contributed by atoms with Crippen LogP contribution in [0, 0.1) is 23.6 Å². The Morgan fingerprint density at radius 2 is 1.72 bits per heavy atom. The third-order valence-electron chi connectivity index (χ3n) is 11.7. The zero-order valence-corrected chi connectivity index (χ0v) is 36.1. The Hall–Kier alpha value is -4.75. The highest BCUT2D eigenvalue weighted by molar-refractivity contribution is 6.03. The van der Waals surface area contributed by atoms with Crippen molar-refractivity contribution >= 4 is 11.8 Å². The molecule has 1 aliphatic heterocycles. The molecular formula is C49H63FN2O9. The number of carbonyl (C=O) groups excluding carboxylic acids is 1. The minimum Gasteiger partial charge on any atom is -0.489 e. The van der Waals surface area contributed by atoms with Gasteiger partial charge in [0, 0.05) is 43.7 Å². The SMILES string of the molecule is C=CCOC12Oc3ccc(OCc4ccccc4F)cc3C3C(CCCCO)C(CCCCO)C=C(C(=NOC(C)(C)C)CC1N(C)C(=O)OCCOCc1ccccc1)C32. The lowest BCUT2D eigenvalue weighted by molar-refractivity contribution is -0.253. The summed E-state index contributed by atoms with van der Waals surface area (Å²) < 4.78 is 46.8. The number of carbonyl (C=O) groups is 1. The molecule has 3 aromatic carbocycles. The van der Waals surface area contributed by atoms with Gasteiger partial charge in [0.1, 0.15) is 42.2 Å². The van der Waals surface area contributed by atoms with Gasteiger partial charge in [0.15, 0.2) is 0 Å². The maximum absolute atomic E-state index is 14.7. The number of allylic oxidation sites excluding steroid dienone is 1. The summed E-state index contributed by atoms with van der Waals surface area (Å²) in [6.45, 7) is 10.8. The number of unbranched alkanes of at least 4 members (excludes halogenated alkanes) is 2. The maximum Gasteiger partial charge on any atom is 0.410 e. The Bertz CT molecular complexity index is 1970. The predicted octanol–water partition coefficient (Wildman–Crippen LogP) is 9.12.